The summed E-state index contributed by atoms with van der Waals surface area (Å²) in [5.74, 6) is 1.87. The van der Waals surface area contributed by atoms with Gasteiger partial charge in [-0.05, 0) is 49.6 Å². The summed E-state index contributed by atoms with van der Waals surface area (Å²) in [7, 11) is 0. The number of phenols is 1. The van der Waals surface area contributed by atoms with Gasteiger partial charge in [0.05, 0.1) is 11.1 Å². The molecular formula is C24H23NO4. The summed E-state index contributed by atoms with van der Waals surface area (Å²) < 4.78 is 11.8. The van der Waals surface area contributed by atoms with Crippen LogP contribution in [0.15, 0.2) is 52.6 Å². The number of furan rings is 1. The Labute approximate surface area is 169 Å². The number of likely N-dealkylation sites (tertiary alicyclic amines) is 1. The van der Waals surface area contributed by atoms with Gasteiger partial charge >= 0.3 is 0 Å². The predicted octanol–water partition coefficient (Wildman–Crippen LogP) is 4.99. The number of Topliss-reactive ketones (excluding diaryl/α,β-unsaturated/α-hetero) is 1. The van der Waals surface area contributed by atoms with E-state index in [2.05, 4.69) is 11.8 Å². The molecular weight excluding hydrogens is 366 g/mol. The van der Waals surface area contributed by atoms with E-state index >= 15 is 0 Å². The number of phenolic OH excluding ortho intramolecular Hbond substituents is 1. The highest BCUT2D eigenvalue weighted by Gasteiger charge is 2.32. The SMILES string of the molecule is C[C@@H]1CCCN(Cc2c(O)ccc3c2OC(=Cc2cc4ccccc4o2)C3=O)C1. The van der Waals surface area contributed by atoms with E-state index in [0.29, 0.717) is 35.1 Å². The first kappa shape index (κ1) is 18.0. The molecule has 3 aromatic rings. The fourth-order valence-corrected chi connectivity index (χ4v) is 4.31. The van der Waals surface area contributed by atoms with Crippen molar-refractivity contribution in [2.45, 2.75) is 26.3 Å². The molecule has 0 aliphatic carbocycles. The van der Waals surface area contributed by atoms with Crippen molar-refractivity contribution >= 4 is 22.8 Å². The number of rotatable bonds is 3. The highest BCUT2D eigenvalue weighted by Crippen LogP contribution is 2.40. The van der Waals surface area contributed by atoms with Crippen LogP contribution in [0.3, 0.4) is 0 Å². The van der Waals surface area contributed by atoms with Crippen molar-refractivity contribution < 1.29 is 19.1 Å². The van der Waals surface area contributed by atoms with Gasteiger partial charge in [-0.1, -0.05) is 25.1 Å². The summed E-state index contributed by atoms with van der Waals surface area (Å²) in [6.45, 7) is 4.79. The zero-order chi connectivity index (χ0) is 20.0. The number of para-hydroxylation sites is 1. The van der Waals surface area contributed by atoms with Gasteiger partial charge in [0.1, 0.15) is 22.8 Å². The third-order valence-corrected chi connectivity index (χ3v) is 5.76. The summed E-state index contributed by atoms with van der Waals surface area (Å²) in [6, 6.07) is 12.8. The molecule has 148 valence electrons. The van der Waals surface area contributed by atoms with Crippen LogP contribution in [-0.2, 0) is 6.54 Å². The quantitative estimate of drug-likeness (QED) is 0.640. The van der Waals surface area contributed by atoms with E-state index in [-0.39, 0.29) is 17.3 Å². The average Bonchev–Trinajstić information content (AvgIpc) is 3.25. The molecule has 5 heteroatoms. The number of carbonyl (C=O) groups excluding carboxylic acids is 1. The van der Waals surface area contributed by atoms with Crippen molar-refractivity contribution in [1.82, 2.24) is 4.90 Å². The van der Waals surface area contributed by atoms with Gasteiger partial charge in [0.15, 0.2) is 5.76 Å². The number of piperidine rings is 1. The van der Waals surface area contributed by atoms with Gasteiger partial charge in [0.25, 0.3) is 0 Å². The van der Waals surface area contributed by atoms with Crippen molar-refractivity contribution in [1.29, 1.82) is 0 Å². The van der Waals surface area contributed by atoms with E-state index in [4.69, 9.17) is 9.15 Å². The maximum Gasteiger partial charge on any atom is 0.232 e. The number of ether oxygens (including phenoxy) is 1. The van der Waals surface area contributed by atoms with Gasteiger partial charge in [-0.3, -0.25) is 9.69 Å². The molecule has 0 bridgehead atoms. The molecule has 2 aromatic carbocycles. The minimum absolute atomic E-state index is 0.166. The van der Waals surface area contributed by atoms with Gasteiger partial charge in [-0.2, -0.15) is 0 Å². The Morgan fingerprint density at radius 1 is 1.24 bits per heavy atom. The molecule has 1 fully saturated rings. The second kappa shape index (κ2) is 7.08. The second-order valence-corrected chi connectivity index (χ2v) is 8.05. The number of ketones is 1. The molecule has 0 unspecified atom stereocenters. The Balaban J connectivity index is 1.46. The number of hydrogen-bond acceptors (Lipinski definition) is 5. The maximum absolute atomic E-state index is 12.9. The van der Waals surface area contributed by atoms with Crippen molar-refractivity contribution in [2.24, 2.45) is 5.92 Å². The Bertz CT molecular complexity index is 1090. The fraction of sp³-hybridized carbons (Fsp3) is 0.292. The van der Waals surface area contributed by atoms with E-state index in [1.807, 2.05) is 30.3 Å². The van der Waals surface area contributed by atoms with E-state index < -0.39 is 0 Å². The largest absolute Gasteiger partial charge is 0.507 e. The summed E-state index contributed by atoms with van der Waals surface area (Å²) >= 11 is 0. The molecule has 0 amide bonds. The molecule has 3 heterocycles. The lowest BCUT2D eigenvalue weighted by Crippen LogP contribution is -2.33. The highest BCUT2D eigenvalue weighted by molar-refractivity contribution is 6.15. The molecule has 5 rings (SSSR count). The molecule has 1 aromatic heterocycles. The minimum Gasteiger partial charge on any atom is -0.507 e. The van der Waals surface area contributed by atoms with Gasteiger partial charge in [0.2, 0.25) is 5.78 Å². The average molecular weight is 389 g/mol. The van der Waals surface area contributed by atoms with Gasteiger partial charge in [0, 0.05) is 24.6 Å². The van der Waals surface area contributed by atoms with Crippen LogP contribution >= 0.6 is 0 Å². The smallest absolute Gasteiger partial charge is 0.232 e. The van der Waals surface area contributed by atoms with Crippen LogP contribution < -0.4 is 4.74 Å². The predicted molar refractivity (Wildman–Crippen MR) is 111 cm³/mol. The molecule has 1 N–H and O–H groups in total. The van der Waals surface area contributed by atoms with E-state index in [1.54, 1.807) is 18.2 Å². The Kier molecular flexibility index (Phi) is 4.40. The van der Waals surface area contributed by atoms with Crippen LogP contribution in [0, 0.1) is 5.92 Å². The van der Waals surface area contributed by atoms with Gasteiger partial charge in [-0.25, -0.2) is 0 Å². The molecule has 1 saturated heterocycles. The Morgan fingerprint density at radius 3 is 2.93 bits per heavy atom. The molecule has 1 atom stereocenters. The third kappa shape index (κ3) is 3.32. The summed E-state index contributed by atoms with van der Waals surface area (Å²) in [6.07, 6.45) is 4.01. The Morgan fingerprint density at radius 2 is 2.10 bits per heavy atom. The summed E-state index contributed by atoms with van der Waals surface area (Å²) in [5, 5.41) is 11.4. The number of hydrogen-bond donors (Lipinski definition) is 1. The van der Waals surface area contributed by atoms with Crippen molar-refractivity contribution in [3.05, 3.63) is 65.1 Å². The minimum atomic E-state index is -0.186. The lowest BCUT2D eigenvalue weighted by molar-refractivity contribution is 0.101. The van der Waals surface area contributed by atoms with Crippen LogP contribution in [0.25, 0.3) is 17.0 Å². The summed E-state index contributed by atoms with van der Waals surface area (Å²) in [5.41, 5.74) is 1.93. The molecule has 2 aliphatic rings. The first-order valence-corrected chi connectivity index (χ1v) is 10.1. The highest BCUT2D eigenvalue weighted by atomic mass is 16.5. The van der Waals surface area contributed by atoms with Crippen LogP contribution in [-0.4, -0.2) is 28.9 Å². The normalized spacial score (nSPS) is 20.9. The third-order valence-electron chi connectivity index (χ3n) is 5.76. The maximum atomic E-state index is 12.9. The number of fused-ring (bicyclic) bond motifs is 2. The standard InChI is InChI=1S/C24H23NO4/c1-15-5-4-10-25(13-15)14-19-20(26)9-8-18-23(27)22(29-24(18)19)12-17-11-16-6-2-3-7-21(16)28-17/h2-3,6-9,11-12,15,26H,4-5,10,13-14H2,1H3/t15-/m1/s1. The number of aromatic hydroxyl groups is 1. The molecule has 0 spiro atoms. The second-order valence-electron chi connectivity index (χ2n) is 8.05. The first-order chi connectivity index (χ1) is 14.1. The monoisotopic (exact) mass is 389 g/mol. The Hall–Kier alpha value is -3.05. The van der Waals surface area contributed by atoms with Crippen LogP contribution in [0.1, 0.15) is 41.4 Å². The van der Waals surface area contributed by atoms with Crippen LogP contribution in [0.2, 0.25) is 0 Å². The van der Waals surface area contributed by atoms with E-state index in [9.17, 15) is 9.90 Å². The van der Waals surface area contributed by atoms with E-state index in [0.717, 1.165) is 30.5 Å². The fourth-order valence-electron chi connectivity index (χ4n) is 4.31. The molecule has 0 radical (unpaired) electrons. The first-order valence-electron chi connectivity index (χ1n) is 10.1. The number of benzene rings is 2. The summed E-state index contributed by atoms with van der Waals surface area (Å²) in [4.78, 5) is 15.2. The number of allylic oxidation sites excluding steroid dienone is 1. The molecule has 5 nitrogen and oxygen atoms in total. The lowest BCUT2D eigenvalue weighted by atomic mass is 9.99. The van der Waals surface area contributed by atoms with E-state index in [1.165, 1.54) is 6.42 Å². The zero-order valence-corrected chi connectivity index (χ0v) is 16.4. The number of nitrogens with zero attached hydrogens (tertiary/aromatic N) is 1. The molecule has 2 aliphatic heterocycles. The van der Waals surface area contributed by atoms with Crippen LogP contribution in [0.5, 0.6) is 11.5 Å². The topological polar surface area (TPSA) is 62.9 Å². The lowest BCUT2D eigenvalue weighted by Gasteiger charge is -2.31. The van der Waals surface area contributed by atoms with Crippen molar-refractivity contribution in [3.63, 3.8) is 0 Å². The number of carbonyl (C=O) groups is 1. The van der Waals surface area contributed by atoms with Crippen LogP contribution in [0.4, 0.5) is 0 Å². The molecule has 29 heavy (non-hydrogen) atoms. The van der Waals surface area contributed by atoms with Gasteiger partial charge in [-0.15, -0.1) is 0 Å². The van der Waals surface area contributed by atoms with Crippen molar-refractivity contribution in [2.75, 3.05) is 13.1 Å². The van der Waals surface area contributed by atoms with Gasteiger partial charge < -0.3 is 14.3 Å². The zero-order valence-electron chi connectivity index (χ0n) is 16.4. The molecule has 0 saturated carbocycles. The van der Waals surface area contributed by atoms with Crippen molar-refractivity contribution in [3.8, 4) is 11.5 Å².